The van der Waals surface area contributed by atoms with Crippen molar-refractivity contribution in [3.05, 3.63) is 35.1 Å². The zero-order valence-corrected chi connectivity index (χ0v) is 20.0. The first-order valence-electron chi connectivity index (χ1n) is 9.73. The third kappa shape index (κ3) is 4.88. The molecule has 2 heterocycles. The van der Waals surface area contributed by atoms with Gasteiger partial charge in [-0.2, -0.15) is 5.10 Å². The molecular weight excluding hydrogens is 445 g/mol. The molecule has 0 aliphatic rings. The van der Waals surface area contributed by atoms with E-state index in [0.29, 0.717) is 40.2 Å². The highest BCUT2D eigenvalue weighted by Crippen LogP contribution is 2.39. The van der Waals surface area contributed by atoms with Crippen LogP contribution in [0.2, 0.25) is 5.02 Å². The summed E-state index contributed by atoms with van der Waals surface area (Å²) in [5.41, 5.74) is 1.22. The quantitative estimate of drug-likeness (QED) is 0.456. The number of nitrogens with zero attached hydrogens (tertiary/aromatic N) is 5. The van der Waals surface area contributed by atoms with E-state index in [1.807, 2.05) is 6.92 Å². The first kappa shape index (κ1) is 24.4. The Morgan fingerprint density at radius 3 is 2.57 bits per heavy atom. The van der Waals surface area contributed by atoms with Gasteiger partial charge in [-0.25, -0.2) is 4.98 Å². The Balaban J connectivity index is 0.00000320. The first-order chi connectivity index (χ1) is 14.0. The molecule has 3 aromatic rings. The Morgan fingerprint density at radius 1 is 1.20 bits per heavy atom. The van der Waals surface area contributed by atoms with Crippen LogP contribution in [-0.4, -0.2) is 58.9 Å². The predicted molar refractivity (Wildman–Crippen MR) is 126 cm³/mol. The molecule has 10 heteroatoms. The van der Waals surface area contributed by atoms with Crippen LogP contribution in [0.4, 0.5) is 5.13 Å². The number of aryl methyl sites for hydroxylation is 1. The lowest BCUT2D eigenvalue weighted by Crippen LogP contribution is -2.39. The Hall–Kier alpha value is -1.87. The fourth-order valence-corrected chi connectivity index (χ4v) is 4.47. The van der Waals surface area contributed by atoms with Gasteiger partial charge in [0.15, 0.2) is 5.13 Å². The Morgan fingerprint density at radius 2 is 1.93 bits per heavy atom. The molecule has 164 valence electrons. The highest BCUT2D eigenvalue weighted by atomic mass is 35.5. The van der Waals surface area contributed by atoms with Crippen LogP contribution in [0.15, 0.2) is 24.4 Å². The molecule has 30 heavy (non-hydrogen) atoms. The van der Waals surface area contributed by atoms with Gasteiger partial charge >= 0.3 is 0 Å². The predicted octanol–water partition coefficient (Wildman–Crippen LogP) is 4.59. The van der Waals surface area contributed by atoms with Gasteiger partial charge in [0, 0.05) is 25.8 Å². The minimum absolute atomic E-state index is 0. The summed E-state index contributed by atoms with van der Waals surface area (Å²) in [6.07, 6.45) is 1.65. The molecular formula is C20H27Cl2N5O2S. The van der Waals surface area contributed by atoms with Crippen molar-refractivity contribution in [2.45, 2.75) is 27.3 Å². The van der Waals surface area contributed by atoms with Crippen LogP contribution < -0.4 is 9.64 Å². The SMILES string of the molecule is CCN(CC)CCN(C(=O)c1ccnn1CC)c1nc2c(OC)ccc(Cl)c2s1.Cl. The number of anilines is 1. The molecule has 0 spiro atoms. The van der Waals surface area contributed by atoms with E-state index in [-0.39, 0.29) is 18.3 Å². The number of likely N-dealkylation sites (N-methyl/N-ethyl adjacent to an activating group) is 1. The van der Waals surface area contributed by atoms with Crippen LogP contribution in [0.25, 0.3) is 10.2 Å². The maximum atomic E-state index is 13.4. The number of rotatable bonds is 9. The van der Waals surface area contributed by atoms with Gasteiger partial charge in [0.1, 0.15) is 17.0 Å². The number of hydrogen-bond acceptors (Lipinski definition) is 6. The van der Waals surface area contributed by atoms with Crippen molar-refractivity contribution in [2.75, 3.05) is 38.2 Å². The van der Waals surface area contributed by atoms with Crippen LogP contribution in [0.3, 0.4) is 0 Å². The van der Waals surface area contributed by atoms with Gasteiger partial charge in [0.2, 0.25) is 0 Å². The number of thiazole rings is 1. The van der Waals surface area contributed by atoms with Crippen LogP contribution >= 0.6 is 35.3 Å². The number of carbonyl (C=O) groups excluding carboxylic acids is 1. The minimum Gasteiger partial charge on any atom is -0.494 e. The third-order valence-electron chi connectivity index (χ3n) is 4.91. The van der Waals surface area contributed by atoms with Gasteiger partial charge in [-0.3, -0.25) is 14.4 Å². The standard InChI is InChI=1S/C20H26ClN5O2S.ClH/c1-5-24(6-2)12-13-25(19(27)15-10-11-22-26(15)7-3)20-23-17-16(28-4)9-8-14(21)18(17)29-20;/h8-11H,5-7,12-13H2,1-4H3;1H. The van der Waals surface area contributed by atoms with Crippen molar-refractivity contribution in [1.29, 1.82) is 0 Å². The van der Waals surface area contributed by atoms with Crippen molar-refractivity contribution >= 4 is 56.6 Å². The zero-order valence-electron chi connectivity index (χ0n) is 17.6. The van der Waals surface area contributed by atoms with Crippen LogP contribution in [0.5, 0.6) is 5.75 Å². The summed E-state index contributed by atoms with van der Waals surface area (Å²) >= 11 is 7.79. The van der Waals surface area contributed by atoms with Gasteiger partial charge in [-0.1, -0.05) is 36.8 Å². The van der Waals surface area contributed by atoms with Crippen LogP contribution in [0.1, 0.15) is 31.3 Å². The summed E-state index contributed by atoms with van der Waals surface area (Å²) in [4.78, 5) is 22.2. The van der Waals surface area contributed by atoms with Gasteiger partial charge in [0.25, 0.3) is 5.91 Å². The number of hydrogen-bond donors (Lipinski definition) is 0. The maximum Gasteiger partial charge on any atom is 0.278 e. The van der Waals surface area contributed by atoms with Crippen molar-refractivity contribution < 1.29 is 9.53 Å². The molecule has 0 N–H and O–H groups in total. The van der Waals surface area contributed by atoms with E-state index < -0.39 is 0 Å². The van der Waals surface area contributed by atoms with Crippen molar-refractivity contribution in [3.8, 4) is 5.75 Å². The Kier molecular flexibility index (Phi) is 8.91. The van der Waals surface area contributed by atoms with E-state index in [2.05, 4.69) is 23.8 Å². The third-order valence-corrected chi connectivity index (χ3v) is 6.45. The summed E-state index contributed by atoms with van der Waals surface area (Å²) in [5, 5.41) is 5.44. The monoisotopic (exact) mass is 471 g/mol. The second-order valence-electron chi connectivity index (χ2n) is 6.44. The average molecular weight is 472 g/mol. The number of benzene rings is 1. The molecule has 0 aliphatic heterocycles. The van der Waals surface area contributed by atoms with E-state index in [4.69, 9.17) is 21.3 Å². The number of amides is 1. The molecule has 7 nitrogen and oxygen atoms in total. The van der Waals surface area contributed by atoms with E-state index >= 15 is 0 Å². The van der Waals surface area contributed by atoms with Crippen molar-refractivity contribution in [2.24, 2.45) is 0 Å². The van der Waals surface area contributed by atoms with Crippen LogP contribution in [-0.2, 0) is 6.54 Å². The molecule has 0 aliphatic carbocycles. The smallest absolute Gasteiger partial charge is 0.278 e. The van der Waals surface area contributed by atoms with Gasteiger partial charge in [-0.05, 0) is 38.2 Å². The van der Waals surface area contributed by atoms with E-state index in [1.165, 1.54) is 11.3 Å². The number of methoxy groups -OCH3 is 1. The first-order valence-corrected chi connectivity index (χ1v) is 10.9. The summed E-state index contributed by atoms with van der Waals surface area (Å²) in [5.74, 6) is 0.521. The molecule has 2 aromatic heterocycles. The lowest BCUT2D eigenvalue weighted by molar-refractivity contribution is 0.0973. The summed E-state index contributed by atoms with van der Waals surface area (Å²) < 4.78 is 7.95. The zero-order chi connectivity index (χ0) is 21.0. The molecule has 0 saturated heterocycles. The average Bonchev–Trinajstić information content (AvgIpc) is 3.39. The Bertz CT molecular complexity index is 987. The highest BCUT2D eigenvalue weighted by Gasteiger charge is 2.25. The van der Waals surface area contributed by atoms with E-state index in [9.17, 15) is 4.79 Å². The lowest BCUT2D eigenvalue weighted by atomic mass is 10.3. The molecule has 0 unspecified atom stereocenters. The number of ether oxygens (including phenoxy) is 1. The highest BCUT2D eigenvalue weighted by molar-refractivity contribution is 7.23. The van der Waals surface area contributed by atoms with Gasteiger partial charge in [0.05, 0.1) is 16.8 Å². The number of fused-ring (bicyclic) bond motifs is 1. The molecule has 0 radical (unpaired) electrons. The fraction of sp³-hybridized carbons (Fsp3) is 0.450. The second-order valence-corrected chi connectivity index (χ2v) is 7.82. The van der Waals surface area contributed by atoms with E-state index in [1.54, 1.807) is 41.1 Å². The summed E-state index contributed by atoms with van der Waals surface area (Å²) in [6.45, 7) is 9.93. The van der Waals surface area contributed by atoms with Crippen LogP contribution in [0, 0.1) is 0 Å². The van der Waals surface area contributed by atoms with Gasteiger partial charge < -0.3 is 9.64 Å². The molecule has 0 atom stereocenters. The fourth-order valence-electron chi connectivity index (χ4n) is 3.19. The Labute approximate surface area is 192 Å². The lowest BCUT2D eigenvalue weighted by Gasteiger charge is -2.24. The number of carbonyl (C=O) groups is 1. The minimum atomic E-state index is -0.120. The maximum absolute atomic E-state index is 13.4. The summed E-state index contributed by atoms with van der Waals surface area (Å²) in [7, 11) is 1.60. The largest absolute Gasteiger partial charge is 0.494 e. The number of halogens is 2. The van der Waals surface area contributed by atoms with Gasteiger partial charge in [-0.15, -0.1) is 12.4 Å². The summed E-state index contributed by atoms with van der Waals surface area (Å²) in [6, 6.07) is 5.33. The molecule has 1 aromatic carbocycles. The van der Waals surface area contributed by atoms with Crippen molar-refractivity contribution in [3.63, 3.8) is 0 Å². The molecule has 0 fully saturated rings. The molecule has 0 bridgehead atoms. The molecule has 3 rings (SSSR count). The second kappa shape index (κ2) is 10.9. The molecule has 0 saturated carbocycles. The topological polar surface area (TPSA) is 63.5 Å². The normalized spacial score (nSPS) is 11.0. The van der Waals surface area contributed by atoms with Crippen molar-refractivity contribution in [1.82, 2.24) is 19.7 Å². The molecule has 1 amide bonds. The van der Waals surface area contributed by atoms with E-state index in [0.717, 1.165) is 24.3 Å². The number of aromatic nitrogens is 3.